The minimum Gasteiger partial charge on any atom is -0.300 e. The number of hydrogen-bond acceptors (Lipinski definition) is 3. The molecule has 1 fully saturated rings. The molecule has 0 bridgehead atoms. The summed E-state index contributed by atoms with van der Waals surface area (Å²) in [5, 5.41) is 0. The molecule has 0 N–H and O–H groups in total. The fraction of sp³-hybridized carbons (Fsp3) is 0.750. The van der Waals surface area contributed by atoms with Gasteiger partial charge >= 0.3 is 0 Å². The lowest BCUT2D eigenvalue weighted by atomic mass is 9.65. The summed E-state index contributed by atoms with van der Waals surface area (Å²) in [4.78, 5) is 34.5. The highest BCUT2D eigenvalue weighted by Crippen LogP contribution is 2.38. The van der Waals surface area contributed by atoms with Crippen molar-refractivity contribution in [3.63, 3.8) is 0 Å². The van der Waals surface area contributed by atoms with Gasteiger partial charge in [-0.2, -0.15) is 0 Å². The zero-order valence-corrected chi connectivity index (χ0v) is 9.63. The lowest BCUT2D eigenvalue weighted by molar-refractivity contribution is -0.142. The highest BCUT2D eigenvalue weighted by molar-refractivity contribution is 6.05. The van der Waals surface area contributed by atoms with Crippen LogP contribution in [0.2, 0.25) is 0 Å². The van der Waals surface area contributed by atoms with Crippen molar-refractivity contribution >= 4 is 17.3 Å². The predicted octanol–water partition coefficient (Wildman–Crippen LogP) is 1.93. The molecule has 0 spiro atoms. The average Bonchev–Trinajstić information content (AvgIpc) is 2.15. The zero-order chi connectivity index (χ0) is 11.6. The molecule has 0 aromatic rings. The normalized spacial score (nSPS) is 22.6. The van der Waals surface area contributed by atoms with E-state index < -0.39 is 5.41 Å². The van der Waals surface area contributed by atoms with E-state index in [9.17, 15) is 14.4 Å². The highest BCUT2D eigenvalue weighted by Gasteiger charge is 2.44. The lowest BCUT2D eigenvalue weighted by Crippen LogP contribution is -2.43. The van der Waals surface area contributed by atoms with Gasteiger partial charge < -0.3 is 0 Å². The second-order valence-electron chi connectivity index (χ2n) is 4.65. The first-order valence-corrected chi connectivity index (χ1v) is 5.42. The molecule has 3 nitrogen and oxygen atoms in total. The maximum absolute atomic E-state index is 11.6. The second-order valence-corrected chi connectivity index (χ2v) is 4.65. The lowest BCUT2D eigenvalue weighted by Gasteiger charge is -2.35. The number of ketones is 3. The molecule has 0 radical (unpaired) electrons. The summed E-state index contributed by atoms with van der Waals surface area (Å²) in [6.07, 6.45) is 2.60. The third kappa shape index (κ3) is 2.16. The molecule has 1 unspecified atom stereocenters. The van der Waals surface area contributed by atoms with Gasteiger partial charge in [-0.05, 0) is 39.5 Å². The van der Waals surface area contributed by atoms with E-state index in [1.165, 1.54) is 13.8 Å². The third-order valence-corrected chi connectivity index (χ3v) is 3.76. The topological polar surface area (TPSA) is 51.2 Å². The van der Waals surface area contributed by atoms with E-state index in [4.69, 9.17) is 0 Å². The van der Waals surface area contributed by atoms with Crippen molar-refractivity contribution in [2.24, 2.45) is 11.3 Å². The smallest absolute Gasteiger partial charge is 0.143 e. The van der Waals surface area contributed by atoms with Crippen LogP contribution < -0.4 is 0 Å². The Labute approximate surface area is 90.2 Å². The molecule has 1 atom stereocenters. The predicted molar refractivity (Wildman–Crippen MR) is 56.4 cm³/mol. The summed E-state index contributed by atoms with van der Waals surface area (Å²) in [6.45, 7) is 4.57. The average molecular weight is 210 g/mol. The van der Waals surface area contributed by atoms with Gasteiger partial charge in [0.25, 0.3) is 0 Å². The Bertz CT molecular complexity index is 290. The highest BCUT2D eigenvalue weighted by atomic mass is 16.2. The van der Waals surface area contributed by atoms with Crippen LogP contribution in [0.4, 0.5) is 0 Å². The minimum atomic E-state index is -0.948. The molecular weight excluding hydrogens is 192 g/mol. The standard InChI is InChI=1S/C12H18O3/c1-8(13)12(3,9(2)14)10-5-4-6-11(15)7-10/h10H,4-7H2,1-3H3. The van der Waals surface area contributed by atoms with E-state index >= 15 is 0 Å². The number of carbonyl (C=O) groups excluding carboxylic acids is 3. The van der Waals surface area contributed by atoms with Gasteiger partial charge in [-0.15, -0.1) is 0 Å². The maximum Gasteiger partial charge on any atom is 0.143 e. The minimum absolute atomic E-state index is 0.0891. The van der Waals surface area contributed by atoms with Crippen LogP contribution in [0.15, 0.2) is 0 Å². The molecule has 0 saturated heterocycles. The van der Waals surface area contributed by atoms with Crippen LogP contribution in [-0.4, -0.2) is 17.3 Å². The van der Waals surface area contributed by atoms with Crippen molar-refractivity contribution in [2.75, 3.05) is 0 Å². The maximum atomic E-state index is 11.6. The van der Waals surface area contributed by atoms with Gasteiger partial charge in [0.15, 0.2) is 0 Å². The van der Waals surface area contributed by atoms with Crippen molar-refractivity contribution in [3.05, 3.63) is 0 Å². The van der Waals surface area contributed by atoms with Gasteiger partial charge in [0.1, 0.15) is 17.3 Å². The van der Waals surface area contributed by atoms with Gasteiger partial charge in [0.05, 0.1) is 5.41 Å². The molecule has 0 aromatic heterocycles. The fourth-order valence-electron chi connectivity index (χ4n) is 2.34. The van der Waals surface area contributed by atoms with Crippen LogP contribution in [0.5, 0.6) is 0 Å². The number of carbonyl (C=O) groups is 3. The first-order chi connectivity index (χ1) is 6.89. The molecule has 84 valence electrons. The molecule has 1 rings (SSSR count). The van der Waals surface area contributed by atoms with E-state index in [1.807, 2.05) is 0 Å². The molecule has 0 aromatic carbocycles. The fourth-order valence-corrected chi connectivity index (χ4v) is 2.34. The van der Waals surface area contributed by atoms with Crippen LogP contribution in [-0.2, 0) is 14.4 Å². The SMILES string of the molecule is CC(=O)C(C)(C(C)=O)C1CCCC(=O)C1. The van der Waals surface area contributed by atoms with E-state index in [1.54, 1.807) is 6.92 Å². The van der Waals surface area contributed by atoms with Crippen molar-refractivity contribution in [1.82, 2.24) is 0 Å². The molecule has 1 saturated carbocycles. The second kappa shape index (κ2) is 4.25. The first kappa shape index (κ1) is 12.1. The quantitative estimate of drug-likeness (QED) is 0.669. The molecule has 1 aliphatic carbocycles. The van der Waals surface area contributed by atoms with Gasteiger partial charge in [-0.25, -0.2) is 0 Å². The summed E-state index contributed by atoms with van der Waals surface area (Å²) >= 11 is 0. The van der Waals surface area contributed by atoms with Crippen molar-refractivity contribution < 1.29 is 14.4 Å². The first-order valence-electron chi connectivity index (χ1n) is 5.42. The molecule has 0 aliphatic heterocycles. The summed E-state index contributed by atoms with van der Waals surface area (Å²) in [6, 6.07) is 0. The van der Waals surface area contributed by atoms with Gasteiger partial charge in [-0.1, -0.05) is 0 Å². The number of rotatable bonds is 3. The Balaban J connectivity index is 2.94. The molecule has 15 heavy (non-hydrogen) atoms. The van der Waals surface area contributed by atoms with E-state index in [0.717, 1.165) is 12.8 Å². The summed E-state index contributed by atoms with van der Waals surface area (Å²) in [7, 11) is 0. The van der Waals surface area contributed by atoms with Crippen LogP contribution in [0.25, 0.3) is 0 Å². The Morgan fingerprint density at radius 1 is 1.27 bits per heavy atom. The largest absolute Gasteiger partial charge is 0.300 e. The summed E-state index contributed by atoms with van der Waals surface area (Å²) < 4.78 is 0. The third-order valence-electron chi connectivity index (χ3n) is 3.76. The Morgan fingerprint density at radius 2 is 1.80 bits per heavy atom. The van der Waals surface area contributed by atoms with E-state index in [-0.39, 0.29) is 23.3 Å². The summed E-state index contributed by atoms with van der Waals surface area (Å²) in [5.74, 6) is -0.141. The molecule has 3 heteroatoms. The van der Waals surface area contributed by atoms with Crippen molar-refractivity contribution in [1.29, 1.82) is 0 Å². The Kier molecular flexibility index (Phi) is 3.42. The summed E-state index contributed by atoms with van der Waals surface area (Å²) in [5.41, 5.74) is -0.948. The molecule has 0 heterocycles. The Hall–Kier alpha value is -0.990. The number of hydrogen-bond donors (Lipinski definition) is 0. The molecule has 1 aliphatic rings. The monoisotopic (exact) mass is 210 g/mol. The van der Waals surface area contributed by atoms with Crippen LogP contribution in [0.1, 0.15) is 46.5 Å². The van der Waals surface area contributed by atoms with Crippen molar-refractivity contribution in [2.45, 2.75) is 46.5 Å². The Morgan fingerprint density at radius 3 is 2.20 bits per heavy atom. The number of Topliss-reactive ketones (excluding diaryl/α,β-unsaturated/α-hetero) is 3. The van der Waals surface area contributed by atoms with Crippen LogP contribution in [0, 0.1) is 11.3 Å². The van der Waals surface area contributed by atoms with Crippen LogP contribution >= 0.6 is 0 Å². The van der Waals surface area contributed by atoms with Crippen LogP contribution in [0.3, 0.4) is 0 Å². The molecule has 0 amide bonds. The van der Waals surface area contributed by atoms with Gasteiger partial charge in [-0.3, -0.25) is 14.4 Å². The van der Waals surface area contributed by atoms with E-state index in [2.05, 4.69) is 0 Å². The van der Waals surface area contributed by atoms with Crippen molar-refractivity contribution in [3.8, 4) is 0 Å². The molecular formula is C12H18O3. The van der Waals surface area contributed by atoms with Gasteiger partial charge in [0.2, 0.25) is 0 Å². The zero-order valence-electron chi connectivity index (χ0n) is 9.63. The van der Waals surface area contributed by atoms with Gasteiger partial charge in [0, 0.05) is 12.8 Å². The van der Waals surface area contributed by atoms with E-state index in [0.29, 0.717) is 12.8 Å².